The number of ether oxygens (including phenoxy) is 1. The second-order valence-corrected chi connectivity index (χ2v) is 5.66. The van der Waals surface area contributed by atoms with Crippen LogP contribution in [-0.2, 0) is 9.53 Å². The van der Waals surface area contributed by atoms with Crippen LogP contribution in [0.25, 0.3) is 10.9 Å². The summed E-state index contributed by atoms with van der Waals surface area (Å²) in [6, 6.07) is 5.27. The number of rotatable bonds is 4. The normalized spacial score (nSPS) is 12.0. The monoisotopic (exact) mass is 356 g/mol. The molecule has 1 atom stereocenters. The zero-order valence-electron chi connectivity index (χ0n) is 14.3. The van der Waals surface area contributed by atoms with Crippen LogP contribution in [-0.4, -0.2) is 33.7 Å². The predicted molar refractivity (Wildman–Crippen MR) is 91.9 cm³/mol. The number of amides is 1. The molecule has 1 amide bonds. The van der Waals surface area contributed by atoms with Gasteiger partial charge in [-0.3, -0.25) is 14.2 Å². The first-order valence-corrected chi connectivity index (χ1v) is 7.74. The van der Waals surface area contributed by atoms with Gasteiger partial charge in [-0.2, -0.15) is 0 Å². The van der Waals surface area contributed by atoms with Gasteiger partial charge in [-0.25, -0.2) is 9.78 Å². The Balaban J connectivity index is 1.99. The number of esters is 1. The highest BCUT2D eigenvalue weighted by Gasteiger charge is 2.19. The number of nitrogens with zero attached hydrogens (tertiary/aromatic N) is 3. The van der Waals surface area contributed by atoms with Crippen LogP contribution in [0.4, 0.5) is 5.82 Å². The van der Waals surface area contributed by atoms with Gasteiger partial charge in [0.15, 0.2) is 5.82 Å². The first-order valence-electron chi connectivity index (χ1n) is 7.74. The molecule has 0 aliphatic rings. The minimum absolute atomic E-state index is 0.215. The van der Waals surface area contributed by atoms with Gasteiger partial charge in [0.05, 0.1) is 24.3 Å². The molecule has 0 radical (unpaired) electrons. The predicted octanol–water partition coefficient (Wildman–Crippen LogP) is 1.68. The van der Waals surface area contributed by atoms with Gasteiger partial charge in [0.25, 0.3) is 11.5 Å². The maximum atomic E-state index is 12.7. The number of nitrogens with one attached hydrogen (secondary N) is 1. The van der Waals surface area contributed by atoms with Gasteiger partial charge in [0.2, 0.25) is 0 Å². The molecule has 9 nitrogen and oxygen atoms in total. The highest BCUT2D eigenvalue weighted by molar-refractivity contribution is 6.05. The van der Waals surface area contributed by atoms with E-state index >= 15 is 0 Å². The summed E-state index contributed by atoms with van der Waals surface area (Å²) >= 11 is 0. The summed E-state index contributed by atoms with van der Waals surface area (Å²) in [5, 5.41) is 6.49. The number of hydrogen-bond acceptors (Lipinski definition) is 7. The number of anilines is 1. The minimum atomic E-state index is -0.833. The lowest BCUT2D eigenvalue weighted by atomic mass is 10.1. The van der Waals surface area contributed by atoms with Gasteiger partial charge in [0.1, 0.15) is 11.8 Å². The summed E-state index contributed by atoms with van der Waals surface area (Å²) in [6.45, 7) is 3.24. The van der Waals surface area contributed by atoms with Crippen molar-refractivity contribution in [3.63, 3.8) is 0 Å². The number of benzene rings is 1. The van der Waals surface area contributed by atoms with Gasteiger partial charge in [-0.1, -0.05) is 5.16 Å². The molecule has 3 aromatic rings. The van der Waals surface area contributed by atoms with Crippen molar-refractivity contribution in [3.8, 4) is 0 Å². The second kappa shape index (κ2) is 6.79. The van der Waals surface area contributed by atoms with Crippen molar-refractivity contribution in [2.45, 2.75) is 19.9 Å². The van der Waals surface area contributed by atoms with Crippen LogP contribution in [0.3, 0.4) is 0 Å². The SMILES string of the molecule is COC(=O)C(C)n1cnc2ccc(C(=O)Nc3cc(C)on3)cc2c1=O. The smallest absolute Gasteiger partial charge is 0.328 e. The topological polar surface area (TPSA) is 116 Å². The molecular formula is C17H16N4O5. The van der Waals surface area contributed by atoms with Gasteiger partial charge in [-0.05, 0) is 32.0 Å². The van der Waals surface area contributed by atoms with E-state index in [1.165, 1.54) is 26.4 Å². The molecule has 1 N–H and O–H groups in total. The van der Waals surface area contributed by atoms with Crippen LogP contribution >= 0.6 is 0 Å². The van der Waals surface area contributed by atoms with Crippen molar-refractivity contribution in [3.05, 3.63) is 52.3 Å². The summed E-state index contributed by atoms with van der Waals surface area (Å²) in [7, 11) is 1.24. The molecule has 1 aromatic carbocycles. The quantitative estimate of drug-likeness (QED) is 0.707. The van der Waals surface area contributed by atoms with Crippen molar-refractivity contribution in [1.82, 2.24) is 14.7 Å². The average molecular weight is 356 g/mol. The van der Waals surface area contributed by atoms with Crippen molar-refractivity contribution >= 4 is 28.6 Å². The molecule has 0 spiro atoms. The van der Waals surface area contributed by atoms with E-state index in [4.69, 9.17) is 4.52 Å². The molecule has 0 aliphatic heterocycles. The Hall–Kier alpha value is -3.49. The van der Waals surface area contributed by atoms with Crippen LogP contribution in [0, 0.1) is 6.92 Å². The summed E-state index contributed by atoms with van der Waals surface area (Å²) in [5.74, 6) is -0.183. The molecule has 2 heterocycles. The zero-order valence-corrected chi connectivity index (χ0v) is 14.3. The fourth-order valence-corrected chi connectivity index (χ4v) is 2.45. The van der Waals surface area contributed by atoms with Crippen molar-refractivity contribution < 1.29 is 18.8 Å². The fraction of sp³-hybridized carbons (Fsp3) is 0.235. The third kappa shape index (κ3) is 3.18. The Morgan fingerprint density at radius 1 is 1.31 bits per heavy atom. The van der Waals surface area contributed by atoms with Gasteiger partial charge < -0.3 is 14.6 Å². The molecule has 0 saturated carbocycles. The van der Waals surface area contributed by atoms with E-state index in [1.807, 2.05) is 0 Å². The van der Waals surface area contributed by atoms with E-state index in [-0.39, 0.29) is 16.8 Å². The first kappa shape index (κ1) is 17.3. The largest absolute Gasteiger partial charge is 0.467 e. The molecule has 0 saturated heterocycles. The van der Waals surface area contributed by atoms with Crippen LogP contribution in [0.15, 0.2) is 39.9 Å². The van der Waals surface area contributed by atoms with E-state index in [0.29, 0.717) is 11.3 Å². The Morgan fingerprint density at radius 2 is 2.08 bits per heavy atom. The molecule has 1 unspecified atom stereocenters. The first-order chi connectivity index (χ1) is 12.4. The van der Waals surface area contributed by atoms with Gasteiger partial charge in [0, 0.05) is 11.6 Å². The van der Waals surface area contributed by atoms with Gasteiger partial charge in [-0.15, -0.1) is 0 Å². The Labute approximate surface area is 147 Å². The number of carbonyl (C=O) groups is 2. The lowest BCUT2D eigenvalue weighted by Gasteiger charge is -2.13. The third-order valence-corrected chi connectivity index (χ3v) is 3.87. The van der Waals surface area contributed by atoms with Gasteiger partial charge >= 0.3 is 5.97 Å². The van der Waals surface area contributed by atoms with Crippen LogP contribution in [0.5, 0.6) is 0 Å². The molecule has 3 rings (SSSR count). The highest BCUT2D eigenvalue weighted by Crippen LogP contribution is 2.14. The number of methoxy groups -OCH3 is 1. The summed E-state index contributed by atoms with van der Waals surface area (Å²) in [5.41, 5.74) is 0.220. The maximum Gasteiger partial charge on any atom is 0.328 e. The van der Waals surface area contributed by atoms with Crippen LogP contribution < -0.4 is 10.9 Å². The molecule has 26 heavy (non-hydrogen) atoms. The molecule has 134 valence electrons. The van der Waals surface area contributed by atoms with E-state index in [2.05, 4.69) is 20.2 Å². The number of fused-ring (bicyclic) bond motifs is 1. The van der Waals surface area contributed by atoms with Crippen LogP contribution in [0.2, 0.25) is 0 Å². The molecule has 2 aromatic heterocycles. The molecular weight excluding hydrogens is 340 g/mol. The number of aryl methyl sites for hydroxylation is 1. The summed E-state index contributed by atoms with van der Waals surface area (Å²) in [4.78, 5) is 40.9. The Kier molecular flexibility index (Phi) is 4.53. The standard InChI is InChI=1S/C17H16N4O5/c1-9-6-14(20-26-9)19-15(22)11-4-5-13-12(7-11)16(23)21(8-18-13)10(2)17(24)25-3/h4-8,10H,1-3H3,(H,19,20,22). The third-order valence-electron chi connectivity index (χ3n) is 3.87. The number of aromatic nitrogens is 3. The Morgan fingerprint density at radius 3 is 2.73 bits per heavy atom. The van der Waals surface area contributed by atoms with E-state index in [9.17, 15) is 14.4 Å². The molecule has 0 fully saturated rings. The Bertz CT molecular complexity index is 1050. The molecule has 0 aliphatic carbocycles. The highest BCUT2D eigenvalue weighted by atomic mass is 16.5. The molecule has 9 heteroatoms. The van der Waals surface area contributed by atoms with Crippen LogP contribution in [0.1, 0.15) is 29.1 Å². The lowest BCUT2D eigenvalue weighted by Crippen LogP contribution is -2.29. The maximum absolute atomic E-state index is 12.7. The van der Waals surface area contributed by atoms with Crippen molar-refractivity contribution in [2.75, 3.05) is 12.4 Å². The fourth-order valence-electron chi connectivity index (χ4n) is 2.45. The van der Waals surface area contributed by atoms with E-state index in [0.717, 1.165) is 4.57 Å². The number of carbonyl (C=O) groups excluding carboxylic acids is 2. The second-order valence-electron chi connectivity index (χ2n) is 5.66. The lowest BCUT2D eigenvalue weighted by molar-refractivity contribution is -0.144. The van der Waals surface area contributed by atoms with Crippen molar-refractivity contribution in [2.24, 2.45) is 0 Å². The summed E-state index contributed by atoms with van der Waals surface area (Å²) in [6.07, 6.45) is 1.28. The van der Waals surface area contributed by atoms with Crippen molar-refractivity contribution in [1.29, 1.82) is 0 Å². The van der Waals surface area contributed by atoms with E-state index < -0.39 is 23.5 Å². The average Bonchev–Trinajstić information content (AvgIpc) is 3.05. The summed E-state index contributed by atoms with van der Waals surface area (Å²) < 4.78 is 10.7. The minimum Gasteiger partial charge on any atom is -0.467 e. The number of hydrogen-bond donors (Lipinski definition) is 1. The van der Waals surface area contributed by atoms with E-state index in [1.54, 1.807) is 25.1 Å². The zero-order chi connectivity index (χ0) is 18.8. The molecule has 0 bridgehead atoms.